The molecule has 4 nitrogen and oxygen atoms in total. The Morgan fingerprint density at radius 1 is 1.53 bits per heavy atom. The van der Waals surface area contributed by atoms with Gasteiger partial charge in [-0.3, -0.25) is 4.79 Å². The van der Waals surface area contributed by atoms with Crippen molar-refractivity contribution in [3.8, 4) is 0 Å². The summed E-state index contributed by atoms with van der Waals surface area (Å²) < 4.78 is 5.24. The average molecular weight is 262 g/mol. The zero-order valence-corrected chi connectivity index (χ0v) is 11.7. The maximum Gasteiger partial charge on any atom is 0.161 e. The molecule has 1 atom stereocenters. The van der Waals surface area contributed by atoms with Crippen molar-refractivity contribution >= 4 is 17.2 Å². The third kappa shape index (κ3) is 3.26. The number of hydrogen-bond donors (Lipinski definition) is 1. The molecule has 1 aliphatic rings. The van der Waals surface area contributed by atoms with Gasteiger partial charge in [0.05, 0.1) is 6.61 Å². The van der Waals surface area contributed by atoms with Crippen LogP contribution in [0, 0.1) is 5.92 Å². The predicted octanol–water partition coefficient (Wildman–Crippen LogP) is 2.33. The van der Waals surface area contributed by atoms with Crippen LogP contribution in [0.1, 0.15) is 30.1 Å². The number of nitrogens with two attached hydrogens (primary N) is 1. The van der Waals surface area contributed by atoms with Crippen LogP contribution >= 0.6 is 0 Å². The highest BCUT2D eigenvalue weighted by Gasteiger charge is 2.20. The van der Waals surface area contributed by atoms with Crippen molar-refractivity contribution in [3.05, 3.63) is 23.8 Å². The van der Waals surface area contributed by atoms with Gasteiger partial charge in [0.15, 0.2) is 5.78 Å². The summed E-state index contributed by atoms with van der Waals surface area (Å²) >= 11 is 0. The lowest BCUT2D eigenvalue weighted by Gasteiger charge is -2.34. The maximum atomic E-state index is 11.4. The summed E-state index contributed by atoms with van der Waals surface area (Å²) in [4.78, 5) is 13.7. The van der Waals surface area contributed by atoms with Crippen molar-refractivity contribution < 1.29 is 9.53 Å². The Kier molecular flexibility index (Phi) is 4.43. The van der Waals surface area contributed by atoms with E-state index in [4.69, 9.17) is 10.5 Å². The van der Waals surface area contributed by atoms with E-state index in [1.165, 1.54) is 12.8 Å². The fourth-order valence-electron chi connectivity index (χ4n) is 2.74. The molecule has 1 aromatic rings. The van der Waals surface area contributed by atoms with E-state index in [0.717, 1.165) is 25.4 Å². The summed E-state index contributed by atoms with van der Waals surface area (Å²) in [6.45, 7) is 4.38. The quantitative estimate of drug-likeness (QED) is 0.668. The van der Waals surface area contributed by atoms with Crippen LogP contribution in [0.5, 0.6) is 0 Å². The molecular weight excluding hydrogens is 240 g/mol. The van der Waals surface area contributed by atoms with E-state index >= 15 is 0 Å². The zero-order chi connectivity index (χ0) is 13.8. The van der Waals surface area contributed by atoms with E-state index in [1.54, 1.807) is 14.0 Å². The van der Waals surface area contributed by atoms with Crippen molar-refractivity contribution in [2.45, 2.75) is 19.8 Å². The first-order chi connectivity index (χ1) is 9.11. The molecule has 104 valence electrons. The van der Waals surface area contributed by atoms with Crippen molar-refractivity contribution in [2.24, 2.45) is 5.92 Å². The molecule has 1 aromatic carbocycles. The zero-order valence-electron chi connectivity index (χ0n) is 11.7. The monoisotopic (exact) mass is 262 g/mol. The summed E-state index contributed by atoms with van der Waals surface area (Å²) in [6.07, 6.45) is 2.38. The fourth-order valence-corrected chi connectivity index (χ4v) is 2.74. The van der Waals surface area contributed by atoms with Crippen LogP contribution in [0.25, 0.3) is 0 Å². The van der Waals surface area contributed by atoms with Gasteiger partial charge >= 0.3 is 0 Å². The molecule has 0 aliphatic carbocycles. The average Bonchev–Trinajstić information content (AvgIpc) is 2.39. The van der Waals surface area contributed by atoms with Crippen molar-refractivity contribution in [3.63, 3.8) is 0 Å². The van der Waals surface area contributed by atoms with Gasteiger partial charge in [-0.1, -0.05) is 0 Å². The lowest BCUT2D eigenvalue weighted by Crippen LogP contribution is -2.37. The van der Waals surface area contributed by atoms with Crippen molar-refractivity contribution in [1.29, 1.82) is 0 Å². The van der Waals surface area contributed by atoms with Gasteiger partial charge in [0.2, 0.25) is 0 Å². The smallest absolute Gasteiger partial charge is 0.161 e. The maximum absolute atomic E-state index is 11.4. The summed E-state index contributed by atoms with van der Waals surface area (Å²) in [5, 5.41) is 0. The first kappa shape index (κ1) is 13.9. The number of Topliss-reactive ketones (excluding diaryl/α,β-unsaturated/α-hetero) is 1. The highest BCUT2D eigenvalue weighted by atomic mass is 16.5. The van der Waals surface area contributed by atoms with E-state index in [9.17, 15) is 4.79 Å². The number of ether oxygens (including phenoxy) is 1. The van der Waals surface area contributed by atoms with Crippen LogP contribution in [-0.4, -0.2) is 32.6 Å². The Bertz CT molecular complexity index is 457. The number of benzene rings is 1. The predicted molar refractivity (Wildman–Crippen MR) is 77.7 cm³/mol. The summed E-state index contributed by atoms with van der Waals surface area (Å²) in [6, 6.07) is 5.72. The molecule has 1 heterocycles. The lowest BCUT2D eigenvalue weighted by atomic mass is 9.98. The third-order valence-corrected chi connectivity index (χ3v) is 3.70. The van der Waals surface area contributed by atoms with Gasteiger partial charge < -0.3 is 15.4 Å². The van der Waals surface area contributed by atoms with E-state index < -0.39 is 0 Å². The molecule has 0 saturated carbocycles. The van der Waals surface area contributed by atoms with Crippen molar-refractivity contribution in [2.75, 3.05) is 37.4 Å². The SMILES string of the molecule is COCC1CCCN(c2ccc(C(C)=O)c(N)c2)C1. The highest BCUT2D eigenvalue weighted by molar-refractivity contribution is 5.99. The standard InChI is InChI=1S/C15H22N2O2/c1-11(18)14-6-5-13(8-15(14)16)17-7-3-4-12(9-17)10-19-2/h5-6,8,12H,3-4,7,9-10,16H2,1-2H3. The number of anilines is 2. The van der Waals surface area contributed by atoms with E-state index in [1.807, 2.05) is 18.2 Å². The highest BCUT2D eigenvalue weighted by Crippen LogP contribution is 2.26. The summed E-state index contributed by atoms with van der Waals surface area (Å²) in [5.41, 5.74) is 8.22. The normalized spacial score (nSPS) is 19.5. The molecule has 1 fully saturated rings. The van der Waals surface area contributed by atoms with E-state index in [0.29, 0.717) is 17.2 Å². The van der Waals surface area contributed by atoms with Gasteiger partial charge in [0.1, 0.15) is 0 Å². The minimum Gasteiger partial charge on any atom is -0.398 e. The first-order valence-corrected chi connectivity index (χ1v) is 6.76. The molecule has 0 spiro atoms. The van der Waals surface area contributed by atoms with Crippen LogP contribution in [0.15, 0.2) is 18.2 Å². The Balaban J connectivity index is 2.13. The van der Waals surface area contributed by atoms with E-state index in [2.05, 4.69) is 4.90 Å². The van der Waals surface area contributed by atoms with Gasteiger partial charge in [-0.15, -0.1) is 0 Å². The number of rotatable bonds is 4. The molecular formula is C15H22N2O2. The van der Waals surface area contributed by atoms with Gasteiger partial charge in [-0.05, 0) is 43.9 Å². The molecule has 2 rings (SSSR count). The molecule has 0 amide bonds. The lowest BCUT2D eigenvalue weighted by molar-refractivity contribution is 0.101. The van der Waals surface area contributed by atoms with Crippen molar-refractivity contribution in [1.82, 2.24) is 0 Å². The molecule has 1 saturated heterocycles. The topological polar surface area (TPSA) is 55.6 Å². The molecule has 4 heteroatoms. The number of nitrogen functional groups attached to an aromatic ring is 1. The number of hydrogen-bond acceptors (Lipinski definition) is 4. The van der Waals surface area contributed by atoms with Gasteiger partial charge in [0.25, 0.3) is 0 Å². The third-order valence-electron chi connectivity index (χ3n) is 3.70. The minimum atomic E-state index is 0.0138. The molecule has 19 heavy (non-hydrogen) atoms. The number of carbonyl (C=O) groups excluding carboxylic acids is 1. The van der Waals surface area contributed by atoms with E-state index in [-0.39, 0.29) is 5.78 Å². The molecule has 1 unspecified atom stereocenters. The Hall–Kier alpha value is -1.55. The molecule has 2 N–H and O–H groups in total. The Morgan fingerprint density at radius 3 is 2.95 bits per heavy atom. The second-order valence-electron chi connectivity index (χ2n) is 5.24. The minimum absolute atomic E-state index is 0.0138. The van der Waals surface area contributed by atoms with Crippen LogP contribution in [0.4, 0.5) is 11.4 Å². The number of carbonyl (C=O) groups is 1. The second-order valence-corrected chi connectivity index (χ2v) is 5.24. The fraction of sp³-hybridized carbons (Fsp3) is 0.533. The number of piperidine rings is 1. The van der Waals surface area contributed by atoms with Gasteiger partial charge in [0, 0.05) is 37.1 Å². The number of nitrogens with zero attached hydrogens (tertiary/aromatic N) is 1. The van der Waals surface area contributed by atoms with Crippen LogP contribution in [-0.2, 0) is 4.74 Å². The second kappa shape index (κ2) is 6.06. The molecule has 0 bridgehead atoms. The van der Waals surface area contributed by atoms with Crippen LogP contribution in [0.3, 0.4) is 0 Å². The van der Waals surface area contributed by atoms with Crippen LogP contribution < -0.4 is 10.6 Å². The summed E-state index contributed by atoms with van der Waals surface area (Å²) in [5.74, 6) is 0.590. The molecule has 0 aromatic heterocycles. The van der Waals surface area contributed by atoms with Gasteiger partial charge in [-0.2, -0.15) is 0 Å². The van der Waals surface area contributed by atoms with Gasteiger partial charge in [-0.25, -0.2) is 0 Å². The largest absolute Gasteiger partial charge is 0.398 e. The molecule has 1 aliphatic heterocycles. The van der Waals surface area contributed by atoms with Crippen LogP contribution in [0.2, 0.25) is 0 Å². The number of methoxy groups -OCH3 is 1. The first-order valence-electron chi connectivity index (χ1n) is 6.76. The summed E-state index contributed by atoms with van der Waals surface area (Å²) in [7, 11) is 1.75. The Morgan fingerprint density at radius 2 is 2.32 bits per heavy atom. The molecule has 0 radical (unpaired) electrons. The Labute approximate surface area is 114 Å². The number of ketones is 1.